The molecule has 2 nitrogen and oxygen atoms in total. The first kappa shape index (κ1) is 13.1. The van der Waals surface area contributed by atoms with E-state index in [1.54, 1.807) is 11.3 Å². The molecule has 0 aromatic carbocycles. The van der Waals surface area contributed by atoms with Crippen molar-refractivity contribution in [1.29, 1.82) is 0 Å². The molecule has 0 spiro atoms. The van der Waals surface area contributed by atoms with E-state index in [9.17, 15) is 5.11 Å². The molecule has 1 aromatic heterocycles. The SMILES string of the molecule is CCC(CC)(C(O)c1ccsc1)N1CCCC1. The first-order chi connectivity index (χ1) is 8.24. The van der Waals surface area contributed by atoms with Crippen LogP contribution < -0.4 is 0 Å². The highest BCUT2D eigenvalue weighted by molar-refractivity contribution is 7.07. The summed E-state index contributed by atoms with van der Waals surface area (Å²) in [5, 5.41) is 14.9. The molecule has 1 fully saturated rings. The van der Waals surface area contributed by atoms with E-state index in [1.807, 2.05) is 0 Å². The standard InChI is InChI=1S/C14H23NOS/c1-3-14(4-2,15-8-5-6-9-15)13(16)12-7-10-17-11-12/h7,10-11,13,16H,3-6,8-9H2,1-2H3. The molecule has 1 aliphatic heterocycles. The van der Waals surface area contributed by atoms with E-state index >= 15 is 0 Å². The first-order valence-electron chi connectivity index (χ1n) is 6.70. The van der Waals surface area contributed by atoms with Crippen molar-refractivity contribution in [2.24, 2.45) is 0 Å². The fourth-order valence-electron chi connectivity index (χ4n) is 3.16. The number of nitrogens with zero attached hydrogens (tertiary/aromatic N) is 1. The Hall–Kier alpha value is -0.380. The summed E-state index contributed by atoms with van der Waals surface area (Å²) in [6, 6.07) is 2.06. The van der Waals surface area contributed by atoms with E-state index < -0.39 is 0 Å². The van der Waals surface area contributed by atoms with E-state index in [4.69, 9.17) is 0 Å². The third-order valence-corrected chi connectivity index (χ3v) is 5.03. The second-order valence-corrected chi connectivity index (χ2v) is 5.74. The predicted octanol–water partition coefficient (Wildman–Crippen LogP) is 3.44. The molecule has 1 unspecified atom stereocenters. The molecular formula is C14H23NOS. The second kappa shape index (κ2) is 5.51. The molecule has 3 heteroatoms. The number of thiophene rings is 1. The molecule has 0 aliphatic carbocycles. The van der Waals surface area contributed by atoms with Crippen LogP contribution in [0, 0.1) is 0 Å². The van der Waals surface area contributed by atoms with Gasteiger partial charge >= 0.3 is 0 Å². The van der Waals surface area contributed by atoms with Crippen molar-refractivity contribution in [3.63, 3.8) is 0 Å². The topological polar surface area (TPSA) is 23.5 Å². The maximum absolute atomic E-state index is 10.7. The Morgan fingerprint density at radius 3 is 2.47 bits per heavy atom. The first-order valence-corrected chi connectivity index (χ1v) is 7.64. The molecule has 0 radical (unpaired) electrons. The minimum atomic E-state index is -0.346. The van der Waals surface area contributed by atoms with Crippen LogP contribution in [-0.2, 0) is 0 Å². The third kappa shape index (κ3) is 2.28. The van der Waals surface area contributed by atoms with Gasteiger partial charge in [0, 0.05) is 0 Å². The Morgan fingerprint density at radius 1 is 1.35 bits per heavy atom. The zero-order valence-corrected chi connectivity index (χ0v) is 11.7. The Balaban J connectivity index is 2.26. The zero-order chi connectivity index (χ0) is 12.3. The number of aliphatic hydroxyl groups is 1. The van der Waals surface area contributed by atoms with E-state index in [0.29, 0.717) is 0 Å². The number of aliphatic hydroxyl groups excluding tert-OH is 1. The van der Waals surface area contributed by atoms with Crippen molar-refractivity contribution >= 4 is 11.3 Å². The van der Waals surface area contributed by atoms with Gasteiger partial charge in [0.25, 0.3) is 0 Å². The third-order valence-electron chi connectivity index (χ3n) is 4.33. The van der Waals surface area contributed by atoms with Crippen LogP contribution in [0.25, 0.3) is 0 Å². The Labute approximate surface area is 108 Å². The van der Waals surface area contributed by atoms with Gasteiger partial charge in [-0.2, -0.15) is 11.3 Å². The molecule has 2 heterocycles. The van der Waals surface area contributed by atoms with Crippen molar-refractivity contribution in [2.75, 3.05) is 13.1 Å². The summed E-state index contributed by atoms with van der Waals surface area (Å²) >= 11 is 1.67. The average molecular weight is 253 g/mol. The number of likely N-dealkylation sites (tertiary alicyclic amines) is 1. The van der Waals surface area contributed by atoms with Gasteiger partial charge in [-0.3, -0.25) is 4.90 Å². The van der Waals surface area contributed by atoms with Crippen LogP contribution in [-0.4, -0.2) is 28.6 Å². The highest BCUT2D eigenvalue weighted by atomic mass is 32.1. The summed E-state index contributed by atoms with van der Waals surface area (Å²) in [6.07, 6.45) is 4.24. The van der Waals surface area contributed by atoms with Gasteiger partial charge in [-0.25, -0.2) is 0 Å². The smallest absolute Gasteiger partial charge is 0.0981 e. The molecule has 1 N–H and O–H groups in total. The van der Waals surface area contributed by atoms with Crippen molar-refractivity contribution in [3.8, 4) is 0 Å². The molecule has 0 amide bonds. The highest BCUT2D eigenvalue weighted by Crippen LogP contribution is 2.39. The average Bonchev–Trinajstić information content (AvgIpc) is 3.04. The minimum absolute atomic E-state index is 0.0580. The van der Waals surface area contributed by atoms with Crippen LogP contribution in [0.15, 0.2) is 16.8 Å². The number of hydrogen-bond acceptors (Lipinski definition) is 3. The van der Waals surface area contributed by atoms with E-state index in [-0.39, 0.29) is 11.6 Å². The highest BCUT2D eigenvalue weighted by Gasteiger charge is 2.42. The molecule has 1 atom stereocenters. The zero-order valence-electron chi connectivity index (χ0n) is 10.9. The van der Waals surface area contributed by atoms with Crippen LogP contribution in [0.1, 0.15) is 51.2 Å². The van der Waals surface area contributed by atoms with Crippen LogP contribution in [0.4, 0.5) is 0 Å². The van der Waals surface area contributed by atoms with Crippen LogP contribution in [0.2, 0.25) is 0 Å². The Kier molecular flexibility index (Phi) is 4.23. The Morgan fingerprint density at radius 2 is 2.00 bits per heavy atom. The van der Waals surface area contributed by atoms with Gasteiger partial charge in [-0.05, 0) is 61.2 Å². The van der Waals surface area contributed by atoms with Crippen molar-refractivity contribution in [2.45, 2.75) is 51.2 Å². The van der Waals surface area contributed by atoms with Crippen molar-refractivity contribution in [3.05, 3.63) is 22.4 Å². The lowest BCUT2D eigenvalue weighted by atomic mass is 9.82. The summed E-state index contributed by atoms with van der Waals surface area (Å²) in [5.41, 5.74) is 1.03. The molecule has 2 rings (SSSR count). The maximum atomic E-state index is 10.7. The monoisotopic (exact) mass is 253 g/mol. The van der Waals surface area contributed by atoms with Crippen molar-refractivity contribution < 1.29 is 5.11 Å². The molecule has 1 saturated heterocycles. The molecule has 0 bridgehead atoms. The van der Waals surface area contributed by atoms with E-state index in [1.165, 1.54) is 12.8 Å². The van der Waals surface area contributed by atoms with E-state index in [0.717, 1.165) is 31.5 Å². The molecule has 17 heavy (non-hydrogen) atoms. The number of rotatable bonds is 5. The molecule has 1 aromatic rings. The second-order valence-electron chi connectivity index (χ2n) is 4.96. The quantitative estimate of drug-likeness (QED) is 0.869. The lowest BCUT2D eigenvalue weighted by Crippen LogP contribution is -2.50. The van der Waals surface area contributed by atoms with E-state index in [2.05, 4.69) is 35.6 Å². The molecule has 96 valence electrons. The lowest BCUT2D eigenvalue weighted by Gasteiger charge is -2.44. The largest absolute Gasteiger partial charge is 0.386 e. The van der Waals surface area contributed by atoms with Gasteiger partial charge in [0.05, 0.1) is 11.6 Å². The summed E-state index contributed by atoms with van der Waals surface area (Å²) in [6.45, 7) is 6.70. The van der Waals surface area contributed by atoms with Gasteiger partial charge in [0.1, 0.15) is 0 Å². The van der Waals surface area contributed by atoms with Gasteiger partial charge in [-0.1, -0.05) is 13.8 Å². The number of hydrogen-bond donors (Lipinski definition) is 1. The minimum Gasteiger partial charge on any atom is -0.386 e. The van der Waals surface area contributed by atoms with Crippen LogP contribution in [0.3, 0.4) is 0 Å². The normalized spacial score (nSPS) is 19.7. The van der Waals surface area contributed by atoms with Gasteiger partial charge < -0.3 is 5.11 Å². The lowest BCUT2D eigenvalue weighted by molar-refractivity contribution is -0.0292. The fourth-order valence-corrected chi connectivity index (χ4v) is 3.84. The Bertz CT molecular complexity index is 326. The molecule has 1 aliphatic rings. The summed E-state index contributed by atoms with van der Waals surface area (Å²) in [7, 11) is 0. The summed E-state index contributed by atoms with van der Waals surface area (Å²) in [5.74, 6) is 0. The molecule has 0 saturated carbocycles. The summed E-state index contributed by atoms with van der Waals surface area (Å²) < 4.78 is 0. The van der Waals surface area contributed by atoms with Gasteiger partial charge in [0.15, 0.2) is 0 Å². The summed E-state index contributed by atoms with van der Waals surface area (Å²) in [4.78, 5) is 2.51. The molecular weight excluding hydrogens is 230 g/mol. The van der Waals surface area contributed by atoms with Gasteiger partial charge in [0.2, 0.25) is 0 Å². The van der Waals surface area contributed by atoms with Crippen LogP contribution in [0.5, 0.6) is 0 Å². The fraction of sp³-hybridized carbons (Fsp3) is 0.714. The van der Waals surface area contributed by atoms with Gasteiger partial charge in [-0.15, -0.1) is 0 Å². The predicted molar refractivity (Wildman–Crippen MR) is 73.4 cm³/mol. The maximum Gasteiger partial charge on any atom is 0.0981 e. The van der Waals surface area contributed by atoms with Crippen LogP contribution >= 0.6 is 11.3 Å². The van der Waals surface area contributed by atoms with Crippen molar-refractivity contribution in [1.82, 2.24) is 4.90 Å².